The number of para-hydroxylation sites is 1. The fourth-order valence-corrected chi connectivity index (χ4v) is 6.61. The van der Waals surface area contributed by atoms with Gasteiger partial charge in [0, 0.05) is 38.6 Å². The molecule has 2 aromatic carbocycles. The fraction of sp³-hybridized carbons (Fsp3) is 0.281. The average Bonchev–Trinajstić information content (AvgIpc) is 2.90. The van der Waals surface area contributed by atoms with E-state index in [2.05, 4.69) is 16.8 Å². The maximum atomic E-state index is 15.2. The molecule has 6 heteroatoms. The molecule has 5 nitrogen and oxygen atoms in total. The van der Waals surface area contributed by atoms with Gasteiger partial charge in [-0.25, -0.2) is 19.2 Å². The zero-order valence-corrected chi connectivity index (χ0v) is 21.8. The molecule has 0 amide bonds. The third-order valence-electron chi connectivity index (χ3n) is 8.38. The van der Waals surface area contributed by atoms with Crippen LogP contribution < -0.4 is 0 Å². The van der Waals surface area contributed by atoms with Crippen LogP contribution in [-0.2, 0) is 16.6 Å². The topological polar surface area (TPSA) is 60.1 Å². The third kappa shape index (κ3) is 3.42. The first-order valence-electron chi connectivity index (χ1n) is 12.8. The number of fused-ring (bicyclic) bond motifs is 4. The zero-order chi connectivity index (χ0) is 26.8. The van der Waals surface area contributed by atoms with Crippen LogP contribution in [0.2, 0.25) is 0 Å². The highest BCUT2D eigenvalue weighted by Crippen LogP contribution is 2.55. The van der Waals surface area contributed by atoms with Crippen molar-refractivity contribution < 1.29 is 9.18 Å². The third-order valence-corrected chi connectivity index (χ3v) is 8.38. The van der Waals surface area contributed by atoms with E-state index in [1.165, 1.54) is 6.07 Å². The molecular weight excluding hydrogens is 475 g/mol. The molecule has 6 rings (SSSR count). The number of halogens is 1. The highest BCUT2D eigenvalue weighted by atomic mass is 19.1. The van der Waals surface area contributed by atoms with Crippen molar-refractivity contribution >= 4 is 16.7 Å². The van der Waals surface area contributed by atoms with E-state index in [9.17, 15) is 4.79 Å². The summed E-state index contributed by atoms with van der Waals surface area (Å²) in [6, 6.07) is 16.5. The minimum absolute atomic E-state index is 0.0624. The molecule has 4 aromatic rings. The Morgan fingerprint density at radius 2 is 1.74 bits per heavy atom. The number of ketones is 1. The molecule has 0 spiro atoms. The first kappa shape index (κ1) is 24.1. The molecule has 2 aromatic heterocycles. The first-order chi connectivity index (χ1) is 18.1. The second kappa shape index (κ2) is 8.39. The van der Waals surface area contributed by atoms with Crippen molar-refractivity contribution in [2.75, 3.05) is 0 Å². The van der Waals surface area contributed by atoms with E-state index in [4.69, 9.17) is 16.5 Å². The number of rotatable bonds is 2. The van der Waals surface area contributed by atoms with Crippen molar-refractivity contribution in [3.63, 3.8) is 0 Å². The maximum absolute atomic E-state index is 15.2. The van der Waals surface area contributed by atoms with E-state index in [0.717, 1.165) is 33.4 Å². The van der Waals surface area contributed by atoms with E-state index < -0.39 is 10.8 Å². The Kier molecular flexibility index (Phi) is 5.32. The Balaban J connectivity index is 1.72. The van der Waals surface area contributed by atoms with Gasteiger partial charge in [0.15, 0.2) is 11.6 Å². The molecular formula is C32H27FN4O. The van der Waals surface area contributed by atoms with Gasteiger partial charge in [0.25, 0.3) is 0 Å². The van der Waals surface area contributed by atoms with Gasteiger partial charge in [0.1, 0.15) is 5.82 Å². The molecule has 38 heavy (non-hydrogen) atoms. The largest absolute Gasteiger partial charge is 0.307 e. The maximum Gasteiger partial charge on any atom is 0.226 e. The molecule has 2 aliphatic carbocycles. The van der Waals surface area contributed by atoms with Gasteiger partial charge in [-0.1, -0.05) is 57.2 Å². The van der Waals surface area contributed by atoms with Crippen molar-refractivity contribution in [3.05, 3.63) is 101 Å². The summed E-state index contributed by atoms with van der Waals surface area (Å²) in [7, 11) is 0. The van der Waals surface area contributed by atoms with Crippen LogP contribution in [0.25, 0.3) is 38.4 Å². The Morgan fingerprint density at radius 3 is 2.50 bits per heavy atom. The van der Waals surface area contributed by atoms with Gasteiger partial charge in [-0.05, 0) is 49.9 Å². The normalized spacial score (nSPS) is 21.8. The quantitative estimate of drug-likeness (QED) is 0.276. The molecule has 0 bridgehead atoms. The summed E-state index contributed by atoms with van der Waals surface area (Å²) < 4.78 is 15.2. The minimum Gasteiger partial charge on any atom is -0.307 e. The summed E-state index contributed by atoms with van der Waals surface area (Å²) in [5.74, 6) is -0.0533. The predicted octanol–water partition coefficient (Wildman–Crippen LogP) is 7.04. The molecule has 0 radical (unpaired) electrons. The van der Waals surface area contributed by atoms with Crippen LogP contribution in [0.5, 0.6) is 0 Å². The van der Waals surface area contributed by atoms with Crippen LogP contribution in [0.3, 0.4) is 0 Å². The highest BCUT2D eigenvalue weighted by molar-refractivity contribution is 6.03. The molecule has 0 unspecified atom stereocenters. The lowest BCUT2D eigenvalue weighted by Gasteiger charge is -2.50. The van der Waals surface area contributed by atoms with Crippen LogP contribution in [-0.4, -0.2) is 20.7 Å². The molecule has 0 fully saturated rings. The van der Waals surface area contributed by atoms with E-state index in [1.54, 1.807) is 18.2 Å². The van der Waals surface area contributed by atoms with Crippen molar-refractivity contribution in [2.45, 2.75) is 46.0 Å². The fourth-order valence-electron chi connectivity index (χ4n) is 6.61. The zero-order valence-electron chi connectivity index (χ0n) is 21.8. The second-order valence-electron chi connectivity index (χ2n) is 11.1. The smallest absolute Gasteiger partial charge is 0.226 e. The standard InChI is InChI=1S/C32H27FN4O/c1-18-16-22(19-10-7-9-13-24(19)35-18)30-36-27(20-11-6-8-12-23(20)33)21-14-15-26-31(2,3)29(38)25(34-5)17-32(26,4)28(21)37-30/h6-13,16-17,26H,14-15H2,1-4H3/t26-,32-/m1/s1. The number of hydrogen-bond acceptors (Lipinski definition) is 4. The van der Waals surface area contributed by atoms with Crippen LogP contribution in [0.4, 0.5) is 4.39 Å². The second-order valence-corrected chi connectivity index (χ2v) is 11.1. The number of pyridine rings is 1. The molecule has 0 aliphatic heterocycles. The minimum atomic E-state index is -0.732. The number of Topliss-reactive ketones (excluding diaryl/α,β-unsaturated/α-hetero) is 1. The van der Waals surface area contributed by atoms with Gasteiger partial charge < -0.3 is 4.79 Å². The van der Waals surface area contributed by atoms with E-state index in [1.807, 2.05) is 57.2 Å². The van der Waals surface area contributed by atoms with Crippen molar-refractivity contribution in [3.8, 4) is 22.6 Å². The number of allylic oxidation sites excluding steroid dienone is 2. The SMILES string of the molecule is [C-]#[N+]C1=C[C@@]2(C)c3nc(-c4cc(C)nc5ccccc45)nc(-c4ccccc4F)c3CC[C@@H]2C(C)(C)C1=O. The summed E-state index contributed by atoms with van der Waals surface area (Å²) in [5.41, 5.74) is 3.81. The summed E-state index contributed by atoms with van der Waals surface area (Å²) in [6.45, 7) is 15.6. The number of hydrogen-bond donors (Lipinski definition) is 0. The Labute approximate surface area is 221 Å². The lowest BCUT2D eigenvalue weighted by atomic mass is 9.53. The Hall–Kier alpha value is -4.24. The number of benzene rings is 2. The van der Waals surface area contributed by atoms with E-state index in [0.29, 0.717) is 29.9 Å². The molecule has 0 N–H and O–H groups in total. The highest BCUT2D eigenvalue weighted by Gasteiger charge is 2.55. The number of carbonyl (C=O) groups excluding carboxylic acids is 1. The lowest BCUT2D eigenvalue weighted by molar-refractivity contribution is -0.128. The predicted molar refractivity (Wildman–Crippen MR) is 146 cm³/mol. The number of aryl methyl sites for hydroxylation is 1. The van der Waals surface area contributed by atoms with Crippen LogP contribution in [0, 0.1) is 30.6 Å². The molecule has 2 atom stereocenters. The summed E-state index contributed by atoms with van der Waals surface area (Å²) in [6.07, 6.45) is 3.13. The van der Waals surface area contributed by atoms with Crippen molar-refractivity contribution in [2.24, 2.45) is 11.3 Å². The van der Waals surface area contributed by atoms with Gasteiger partial charge in [-0.3, -0.25) is 4.98 Å². The molecule has 2 aliphatic rings. The lowest BCUT2D eigenvalue weighted by Crippen LogP contribution is -2.51. The summed E-state index contributed by atoms with van der Waals surface area (Å²) in [4.78, 5) is 31.7. The molecule has 0 saturated heterocycles. The van der Waals surface area contributed by atoms with Gasteiger partial charge in [-0.2, -0.15) is 0 Å². The van der Waals surface area contributed by atoms with E-state index >= 15 is 4.39 Å². The number of aromatic nitrogens is 3. The van der Waals surface area contributed by atoms with Gasteiger partial charge in [0.05, 0.1) is 23.5 Å². The van der Waals surface area contributed by atoms with Gasteiger partial charge >= 0.3 is 0 Å². The average molecular weight is 503 g/mol. The summed E-state index contributed by atoms with van der Waals surface area (Å²) in [5, 5.41) is 0.909. The monoisotopic (exact) mass is 502 g/mol. The van der Waals surface area contributed by atoms with E-state index in [-0.39, 0.29) is 23.2 Å². The van der Waals surface area contributed by atoms with Crippen LogP contribution in [0.1, 0.15) is 44.1 Å². The Morgan fingerprint density at radius 1 is 1.00 bits per heavy atom. The molecule has 0 saturated carbocycles. The summed E-state index contributed by atoms with van der Waals surface area (Å²) >= 11 is 0. The van der Waals surface area contributed by atoms with Gasteiger partial charge in [-0.15, -0.1) is 0 Å². The van der Waals surface area contributed by atoms with Gasteiger partial charge in [0.2, 0.25) is 5.70 Å². The number of nitrogens with zero attached hydrogens (tertiary/aromatic N) is 4. The molecule has 188 valence electrons. The molecule has 2 heterocycles. The Bertz CT molecular complexity index is 1730. The first-order valence-corrected chi connectivity index (χ1v) is 12.8. The number of carbonyl (C=O) groups is 1. The van der Waals surface area contributed by atoms with Crippen molar-refractivity contribution in [1.82, 2.24) is 15.0 Å². The van der Waals surface area contributed by atoms with Crippen LogP contribution >= 0.6 is 0 Å². The van der Waals surface area contributed by atoms with Crippen LogP contribution in [0.15, 0.2) is 66.4 Å². The van der Waals surface area contributed by atoms with Crippen molar-refractivity contribution in [1.29, 1.82) is 0 Å².